The van der Waals surface area contributed by atoms with E-state index in [1.165, 1.54) is 44.3 Å². The highest BCUT2D eigenvalue weighted by Crippen LogP contribution is 2.21. The summed E-state index contributed by atoms with van der Waals surface area (Å²) in [4.78, 5) is 2.65. The number of hydrogen-bond donors (Lipinski definition) is 0. The summed E-state index contributed by atoms with van der Waals surface area (Å²) in [5.74, 6) is 0.809. The maximum absolute atomic E-state index is 5.78. The first-order valence-corrected chi connectivity index (χ1v) is 7.27. The second kappa shape index (κ2) is 7.03. The molecule has 2 heteroatoms. The first-order valence-electron chi connectivity index (χ1n) is 6.74. The van der Waals surface area contributed by atoms with Crippen molar-refractivity contribution in [3.05, 3.63) is 35.9 Å². The van der Waals surface area contributed by atoms with Crippen molar-refractivity contribution < 1.29 is 0 Å². The molecule has 0 bridgehead atoms. The molecular weight excluding hydrogens is 230 g/mol. The third kappa shape index (κ3) is 4.01. The molecule has 1 nitrogen and oxygen atoms in total. The summed E-state index contributed by atoms with van der Waals surface area (Å²) in [6, 6.07) is 11.6. The third-order valence-corrected chi connectivity index (χ3v) is 3.97. The fourth-order valence-corrected chi connectivity index (χ4v) is 2.90. The van der Waals surface area contributed by atoms with Gasteiger partial charge >= 0.3 is 0 Å². The van der Waals surface area contributed by atoms with Gasteiger partial charge in [-0.25, -0.2) is 0 Å². The predicted octanol–water partition coefficient (Wildman–Crippen LogP) is 3.71. The Hall–Kier alpha value is -0.530. The largest absolute Gasteiger partial charge is 0.300 e. The second-order valence-electron chi connectivity index (χ2n) is 4.90. The van der Waals surface area contributed by atoms with Crippen molar-refractivity contribution >= 4 is 11.6 Å². The number of alkyl halides is 1. The molecule has 1 atom stereocenters. The summed E-state index contributed by atoms with van der Waals surface area (Å²) in [6.45, 7) is 2.48. The van der Waals surface area contributed by atoms with E-state index in [0.717, 1.165) is 18.3 Å². The normalized spacial score (nSPS) is 20.9. The fourth-order valence-electron chi connectivity index (χ4n) is 2.75. The Balaban J connectivity index is 1.78. The Kier molecular flexibility index (Phi) is 5.34. The maximum atomic E-state index is 5.78. The van der Waals surface area contributed by atoms with Crippen molar-refractivity contribution in [3.63, 3.8) is 0 Å². The van der Waals surface area contributed by atoms with E-state index in [-0.39, 0.29) is 0 Å². The highest BCUT2D eigenvalue weighted by molar-refractivity contribution is 6.17. The van der Waals surface area contributed by atoms with E-state index in [1.807, 2.05) is 0 Å². The van der Waals surface area contributed by atoms with Crippen LogP contribution in [0.1, 0.15) is 31.2 Å². The lowest BCUT2D eigenvalue weighted by molar-refractivity contribution is 0.245. The van der Waals surface area contributed by atoms with Gasteiger partial charge in [0.25, 0.3) is 0 Å². The van der Waals surface area contributed by atoms with Gasteiger partial charge in [0.1, 0.15) is 0 Å². The van der Waals surface area contributed by atoms with Crippen LogP contribution in [0.5, 0.6) is 0 Å². The van der Waals surface area contributed by atoms with Gasteiger partial charge in [0.05, 0.1) is 0 Å². The average molecular weight is 252 g/mol. The Morgan fingerprint density at radius 3 is 2.82 bits per heavy atom. The van der Waals surface area contributed by atoms with Gasteiger partial charge in [-0.05, 0) is 44.2 Å². The first-order chi connectivity index (χ1) is 8.40. The number of rotatable bonds is 6. The van der Waals surface area contributed by atoms with E-state index in [0.29, 0.717) is 0 Å². The summed E-state index contributed by atoms with van der Waals surface area (Å²) in [5, 5.41) is 0. The Morgan fingerprint density at radius 2 is 2.06 bits per heavy atom. The summed E-state index contributed by atoms with van der Waals surface area (Å²) in [5.41, 5.74) is 1.45. The van der Waals surface area contributed by atoms with Gasteiger partial charge in [-0.15, -0.1) is 11.6 Å². The number of benzene rings is 1. The minimum absolute atomic E-state index is 0.789. The van der Waals surface area contributed by atoms with Crippen molar-refractivity contribution in [1.82, 2.24) is 4.90 Å². The van der Waals surface area contributed by atoms with Crippen LogP contribution < -0.4 is 0 Å². The number of halogens is 1. The molecule has 0 N–H and O–H groups in total. The third-order valence-electron chi connectivity index (χ3n) is 3.70. The molecule has 1 aliphatic rings. The van der Waals surface area contributed by atoms with E-state index >= 15 is 0 Å². The molecule has 94 valence electrons. The van der Waals surface area contributed by atoms with Crippen LogP contribution in [0.3, 0.4) is 0 Å². The molecule has 0 radical (unpaired) electrons. The molecule has 0 spiro atoms. The molecule has 1 unspecified atom stereocenters. The van der Waals surface area contributed by atoms with Crippen LogP contribution in [0.2, 0.25) is 0 Å². The summed E-state index contributed by atoms with van der Waals surface area (Å²) in [6.07, 6.45) is 6.35. The van der Waals surface area contributed by atoms with E-state index in [4.69, 9.17) is 11.6 Å². The molecule has 1 heterocycles. The smallest absolute Gasteiger partial charge is 0.0224 e. The summed E-state index contributed by atoms with van der Waals surface area (Å²) in [7, 11) is 0. The molecule has 0 saturated carbocycles. The standard InChI is InChI=1S/C15H22ClN/c16-11-4-8-15-9-5-12-17(15)13-10-14-6-2-1-3-7-14/h1-3,6-7,15H,4-5,8-13H2. The molecule has 0 aromatic heterocycles. The minimum Gasteiger partial charge on any atom is -0.300 e. The zero-order chi connectivity index (χ0) is 11.9. The van der Waals surface area contributed by atoms with Crippen molar-refractivity contribution in [2.45, 2.75) is 38.1 Å². The van der Waals surface area contributed by atoms with Crippen LogP contribution in [0.4, 0.5) is 0 Å². The van der Waals surface area contributed by atoms with Crippen LogP contribution in [-0.4, -0.2) is 29.9 Å². The molecule has 1 aromatic carbocycles. The topological polar surface area (TPSA) is 3.24 Å². The Morgan fingerprint density at radius 1 is 1.24 bits per heavy atom. The van der Waals surface area contributed by atoms with Crippen LogP contribution in [0.15, 0.2) is 30.3 Å². The van der Waals surface area contributed by atoms with Gasteiger partial charge in [0.15, 0.2) is 0 Å². The molecule has 0 amide bonds. The number of likely N-dealkylation sites (tertiary alicyclic amines) is 1. The predicted molar refractivity (Wildman–Crippen MR) is 74.7 cm³/mol. The minimum atomic E-state index is 0.789. The van der Waals surface area contributed by atoms with E-state index in [2.05, 4.69) is 35.2 Å². The summed E-state index contributed by atoms with van der Waals surface area (Å²) < 4.78 is 0. The fraction of sp³-hybridized carbons (Fsp3) is 0.600. The van der Waals surface area contributed by atoms with Crippen molar-refractivity contribution in [2.24, 2.45) is 0 Å². The van der Waals surface area contributed by atoms with Gasteiger partial charge in [0.2, 0.25) is 0 Å². The quantitative estimate of drug-likeness (QED) is 0.697. The SMILES string of the molecule is ClCCCC1CCCN1CCc1ccccc1. The first kappa shape index (κ1) is 12.9. The van der Waals surface area contributed by atoms with Crippen LogP contribution in [-0.2, 0) is 6.42 Å². The molecule has 1 fully saturated rings. The summed E-state index contributed by atoms with van der Waals surface area (Å²) >= 11 is 5.78. The van der Waals surface area contributed by atoms with Gasteiger partial charge in [-0.1, -0.05) is 30.3 Å². The second-order valence-corrected chi connectivity index (χ2v) is 5.28. The number of nitrogens with zero attached hydrogens (tertiary/aromatic N) is 1. The van der Waals surface area contributed by atoms with Crippen molar-refractivity contribution in [2.75, 3.05) is 19.0 Å². The average Bonchev–Trinajstić information content (AvgIpc) is 2.82. The molecule has 1 aliphatic heterocycles. The Bertz CT molecular complexity index is 312. The van der Waals surface area contributed by atoms with Crippen LogP contribution in [0, 0.1) is 0 Å². The van der Waals surface area contributed by atoms with E-state index < -0.39 is 0 Å². The molecule has 0 aliphatic carbocycles. The van der Waals surface area contributed by atoms with E-state index in [1.54, 1.807) is 0 Å². The molecule has 17 heavy (non-hydrogen) atoms. The van der Waals surface area contributed by atoms with E-state index in [9.17, 15) is 0 Å². The molecule has 1 saturated heterocycles. The lowest BCUT2D eigenvalue weighted by Gasteiger charge is -2.24. The highest BCUT2D eigenvalue weighted by atomic mass is 35.5. The number of hydrogen-bond acceptors (Lipinski definition) is 1. The van der Waals surface area contributed by atoms with Crippen molar-refractivity contribution in [1.29, 1.82) is 0 Å². The van der Waals surface area contributed by atoms with Gasteiger partial charge in [-0.3, -0.25) is 0 Å². The lowest BCUT2D eigenvalue weighted by atomic mass is 10.1. The van der Waals surface area contributed by atoms with Gasteiger partial charge in [0, 0.05) is 18.5 Å². The molecular formula is C15H22ClN. The van der Waals surface area contributed by atoms with Crippen LogP contribution >= 0.6 is 11.6 Å². The monoisotopic (exact) mass is 251 g/mol. The van der Waals surface area contributed by atoms with Crippen molar-refractivity contribution in [3.8, 4) is 0 Å². The molecule has 1 aromatic rings. The van der Waals surface area contributed by atoms with Gasteiger partial charge < -0.3 is 4.90 Å². The lowest BCUT2D eigenvalue weighted by Crippen LogP contribution is -2.31. The van der Waals surface area contributed by atoms with Crippen LogP contribution in [0.25, 0.3) is 0 Å². The molecule has 2 rings (SSSR count). The Labute approximate surface area is 110 Å². The zero-order valence-corrected chi connectivity index (χ0v) is 11.2. The van der Waals surface area contributed by atoms with Gasteiger partial charge in [-0.2, -0.15) is 0 Å². The zero-order valence-electron chi connectivity index (χ0n) is 10.4. The maximum Gasteiger partial charge on any atom is 0.0224 e. The highest BCUT2D eigenvalue weighted by Gasteiger charge is 2.23.